The first kappa shape index (κ1) is 36.4. The Morgan fingerprint density at radius 3 is 0.923 bits per heavy atom. The van der Waals surface area contributed by atoms with Gasteiger partial charge in [-0.15, -0.1) is 0 Å². The second kappa shape index (κ2) is 19.3. The molecule has 0 aromatic carbocycles. The molecule has 0 saturated heterocycles. The van der Waals surface area contributed by atoms with Gasteiger partial charge in [0.05, 0.1) is 5.09 Å². The van der Waals surface area contributed by atoms with E-state index in [4.69, 9.17) is 34.6 Å². The summed E-state index contributed by atoms with van der Waals surface area (Å²) in [6.45, 7) is 0. The summed E-state index contributed by atoms with van der Waals surface area (Å²) in [5.41, 5.74) is 0. The van der Waals surface area contributed by atoms with Gasteiger partial charge in [0, 0.05) is 0 Å². The fourth-order valence-electron chi connectivity index (χ4n) is 0. The first-order chi connectivity index (χ1) is 3.73. The molecule has 0 heterocycles. The normalized spacial score (nSPS) is 6.38. The van der Waals surface area contributed by atoms with Gasteiger partial charge in [-0.05, 0) is 0 Å². The Morgan fingerprint density at radius 2 is 0.923 bits per heavy atom. The molecule has 13 heavy (non-hydrogen) atoms. The zero-order valence-electron chi connectivity index (χ0n) is 6.58. The van der Waals surface area contributed by atoms with Gasteiger partial charge in [0.15, 0.2) is 0 Å². The van der Waals surface area contributed by atoms with Crippen molar-refractivity contribution in [2.75, 3.05) is 0 Å². The summed E-state index contributed by atoms with van der Waals surface area (Å²) in [7, 11) is -5.39. The Morgan fingerprint density at radius 1 is 0.923 bits per heavy atom. The van der Waals surface area contributed by atoms with Gasteiger partial charge in [-0.1, -0.05) is 0 Å². The van der Waals surface area contributed by atoms with Crippen LogP contribution in [0.3, 0.4) is 0 Å². The Balaban J connectivity index is -0.0000000146. The van der Waals surface area contributed by atoms with Gasteiger partial charge in [-0.3, -0.25) is 0 Å². The largest absolute Gasteiger partial charge is 2.00 e. The molecule has 0 fully saturated rings. The first-order valence-corrected chi connectivity index (χ1v) is 2.74. The topological polar surface area (TPSA) is 222 Å². The molecule has 0 amide bonds. The predicted octanol–water partition coefficient (Wildman–Crippen LogP) is -3.50. The van der Waals surface area contributed by atoms with Crippen molar-refractivity contribution in [2.45, 2.75) is 0 Å². The summed E-state index contributed by atoms with van der Waals surface area (Å²) in [6, 6.07) is 0. The van der Waals surface area contributed by atoms with Gasteiger partial charge in [0.25, 0.3) is 0 Å². The monoisotopic (exact) mass is 271 g/mol. The third-order valence-corrected chi connectivity index (χ3v) is 0. The summed E-state index contributed by atoms with van der Waals surface area (Å²) < 4.78 is 8.55. The van der Waals surface area contributed by atoms with Crippen molar-refractivity contribution in [3.63, 3.8) is 0 Å². The van der Waals surface area contributed by atoms with E-state index in [1.165, 1.54) is 0 Å². The van der Waals surface area contributed by atoms with E-state index >= 15 is 0 Å². The molecule has 0 radical (unpaired) electrons. The van der Waals surface area contributed by atoms with Crippen molar-refractivity contribution in [3.05, 3.63) is 15.3 Å². The summed E-state index contributed by atoms with van der Waals surface area (Å²) in [5, 5.41) is 14.8. The second-order valence-corrected chi connectivity index (χ2v) is 1.57. The molecule has 0 aliphatic carbocycles. The molecular formula is H6Ca2N3O7P. The van der Waals surface area contributed by atoms with Crippen molar-refractivity contribution >= 4 is 83.3 Å². The Bertz CT molecular complexity index is 121. The van der Waals surface area contributed by atoms with Crippen LogP contribution in [0.1, 0.15) is 0 Å². The fraction of sp³-hybridized carbons (Fsp3) is 0. The summed E-state index contributed by atoms with van der Waals surface area (Å²) in [5.74, 6) is 0. The van der Waals surface area contributed by atoms with Crippen LogP contribution in [0, 0.1) is 15.3 Å². The van der Waals surface area contributed by atoms with Gasteiger partial charge in [-0.2, -0.15) is 7.82 Å². The molecule has 0 aromatic heterocycles. The fourth-order valence-corrected chi connectivity index (χ4v) is 0. The van der Waals surface area contributed by atoms with Gasteiger partial charge in [-0.25, -0.2) is 0 Å². The molecule has 0 aromatic rings. The molecular weight excluding hydrogens is 265 g/mol. The van der Waals surface area contributed by atoms with Crippen LogP contribution in [0.25, 0.3) is 0 Å². The van der Waals surface area contributed by atoms with Crippen LogP contribution < -0.4 is 27.0 Å². The average Bonchev–Trinajstić information content (AvgIpc) is 1.19. The minimum atomic E-state index is -5.39. The van der Waals surface area contributed by atoms with E-state index in [2.05, 4.69) is 0 Å². The van der Waals surface area contributed by atoms with Crippen molar-refractivity contribution in [1.82, 2.24) is 12.3 Å². The third-order valence-electron chi connectivity index (χ3n) is 0. The smallest absolute Gasteiger partial charge is 0.822 e. The average molecular weight is 271 g/mol. The predicted molar refractivity (Wildman–Crippen MR) is 39.5 cm³/mol. The van der Waals surface area contributed by atoms with E-state index in [1.54, 1.807) is 0 Å². The molecule has 0 aliphatic heterocycles. The minimum absolute atomic E-state index is 0. The molecule has 0 bridgehead atoms. The quantitative estimate of drug-likeness (QED) is 0.192. The van der Waals surface area contributed by atoms with Crippen LogP contribution in [-0.2, 0) is 4.57 Å². The summed E-state index contributed by atoms with van der Waals surface area (Å²) >= 11 is 0. The van der Waals surface area contributed by atoms with Crippen molar-refractivity contribution in [2.24, 2.45) is 0 Å². The van der Waals surface area contributed by atoms with Crippen LogP contribution in [0.4, 0.5) is 0 Å². The molecule has 0 saturated carbocycles. The van der Waals surface area contributed by atoms with Gasteiger partial charge in [0.2, 0.25) is 0 Å². The van der Waals surface area contributed by atoms with E-state index in [1.807, 2.05) is 0 Å². The standard InChI is InChI=1S/2Ca.NO3.2H3N.H3O4P/c;;2-1(3)4;;;1-5(2,3)4/h;;;2*1H3;(H3,1,2,3,4)/q2*+2;-1;;;/p-3. The maximum absolute atomic E-state index is 8.55. The first-order valence-electron chi connectivity index (χ1n) is 1.28. The molecule has 13 heteroatoms. The van der Waals surface area contributed by atoms with Gasteiger partial charge < -0.3 is 46.9 Å². The zero-order valence-corrected chi connectivity index (χ0v) is 11.9. The van der Waals surface area contributed by atoms with E-state index in [-0.39, 0.29) is 87.8 Å². The molecule has 0 rings (SSSR count). The van der Waals surface area contributed by atoms with Crippen LogP contribution in [-0.4, -0.2) is 80.6 Å². The zero-order chi connectivity index (χ0) is 8.08. The Kier molecular flexibility index (Phi) is 54.2. The van der Waals surface area contributed by atoms with Crippen molar-refractivity contribution in [3.8, 4) is 0 Å². The number of nitrogens with zero attached hydrogens (tertiary/aromatic N) is 1. The van der Waals surface area contributed by atoms with Gasteiger partial charge in [0.1, 0.15) is 0 Å². The molecule has 72 valence electrons. The van der Waals surface area contributed by atoms with Crippen LogP contribution in [0.2, 0.25) is 0 Å². The maximum atomic E-state index is 8.55. The third kappa shape index (κ3) is 620. The Hall–Kier alpha value is 1.75. The number of phosphoric acid groups is 1. The van der Waals surface area contributed by atoms with Crippen molar-refractivity contribution in [1.29, 1.82) is 0 Å². The van der Waals surface area contributed by atoms with E-state index < -0.39 is 12.9 Å². The maximum Gasteiger partial charge on any atom is 2.00 e. The van der Waals surface area contributed by atoms with Gasteiger partial charge >= 0.3 is 75.5 Å². The SMILES string of the molecule is N.N.O=P([O-])([O-])[O-].O=[N+]([O-])[O-].[Ca+2].[Ca+2]. The van der Waals surface area contributed by atoms with Crippen LogP contribution >= 0.6 is 7.82 Å². The number of hydrogen-bond donors (Lipinski definition) is 2. The molecule has 10 nitrogen and oxygen atoms in total. The second-order valence-electron chi connectivity index (χ2n) is 0.671. The molecule has 0 unspecified atom stereocenters. The summed E-state index contributed by atoms with van der Waals surface area (Å²) in [6.07, 6.45) is 0. The van der Waals surface area contributed by atoms with E-state index in [9.17, 15) is 0 Å². The van der Waals surface area contributed by atoms with E-state index in [0.717, 1.165) is 0 Å². The number of hydrogen-bond acceptors (Lipinski definition) is 9. The Labute approximate surface area is 133 Å². The minimum Gasteiger partial charge on any atom is -0.822 e. The van der Waals surface area contributed by atoms with Crippen LogP contribution in [0.15, 0.2) is 0 Å². The van der Waals surface area contributed by atoms with Crippen LogP contribution in [0.5, 0.6) is 0 Å². The van der Waals surface area contributed by atoms with Crippen molar-refractivity contribution < 1.29 is 24.3 Å². The molecule has 6 N–H and O–H groups in total. The molecule has 0 aliphatic rings. The van der Waals surface area contributed by atoms with E-state index in [0.29, 0.717) is 0 Å². The number of rotatable bonds is 0. The summed E-state index contributed by atoms with van der Waals surface area (Å²) in [4.78, 5) is 33.9. The molecule has 0 spiro atoms. The molecule has 0 atom stereocenters.